The molecule has 21 heavy (non-hydrogen) atoms. The molecule has 0 aliphatic heterocycles. The minimum atomic E-state index is -0.873. The zero-order valence-electron chi connectivity index (χ0n) is 12.7. The molecule has 2 aliphatic rings. The van der Waals surface area contributed by atoms with E-state index in [2.05, 4.69) is 17.2 Å². The van der Waals surface area contributed by atoms with Crippen LogP contribution in [0.1, 0.15) is 67.1 Å². The molecule has 0 amide bonds. The molecule has 2 N–H and O–H groups in total. The van der Waals surface area contributed by atoms with E-state index >= 15 is 0 Å². The van der Waals surface area contributed by atoms with Crippen molar-refractivity contribution in [1.82, 2.24) is 4.98 Å². The second-order valence-corrected chi connectivity index (χ2v) is 6.43. The smallest absolute Gasteiger partial charge is 0.339 e. The summed E-state index contributed by atoms with van der Waals surface area (Å²) in [7, 11) is 0. The molecule has 0 aromatic carbocycles. The van der Waals surface area contributed by atoms with Crippen LogP contribution in [-0.2, 0) is 12.8 Å². The normalized spacial score (nSPS) is 24.6. The lowest BCUT2D eigenvalue weighted by Crippen LogP contribution is -2.28. The van der Waals surface area contributed by atoms with Gasteiger partial charge in [-0.15, -0.1) is 0 Å². The maximum Gasteiger partial charge on any atom is 0.339 e. The number of pyridine rings is 1. The Hall–Kier alpha value is -1.58. The monoisotopic (exact) mass is 288 g/mol. The van der Waals surface area contributed by atoms with Gasteiger partial charge in [0.1, 0.15) is 11.4 Å². The highest BCUT2D eigenvalue weighted by molar-refractivity contribution is 5.93. The van der Waals surface area contributed by atoms with Crippen molar-refractivity contribution >= 4 is 11.8 Å². The molecule has 2 unspecified atom stereocenters. The van der Waals surface area contributed by atoms with E-state index in [4.69, 9.17) is 0 Å². The molecule has 2 aliphatic carbocycles. The Balaban J connectivity index is 1.82. The molecule has 1 aromatic rings. The summed E-state index contributed by atoms with van der Waals surface area (Å²) in [6.07, 6.45) is 9.02. The van der Waals surface area contributed by atoms with Gasteiger partial charge in [0.05, 0.1) is 0 Å². The summed E-state index contributed by atoms with van der Waals surface area (Å²) < 4.78 is 0. The van der Waals surface area contributed by atoms with Crippen molar-refractivity contribution in [2.75, 3.05) is 5.32 Å². The van der Waals surface area contributed by atoms with Gasteiger partial charge in [-0.3, -0.25) is 0 Å². The fourth-order valence-electron chi connectivity index (χ4n) is 3.73. The van der Waals surface area contributed by atoms with Gasteiger partial charge in [-0.2, -0.15) is 0 Å². The number of carbonyl (C=O) groups is 1. The minimum absolute atomic E-state index is 0.342. The number of aryl methyl sites for hydroxylation is 2. The molecule has 1 saturated carbocycles. The van der Waals surface area contributed by atoms with Gasteiger partial charge in [-0.1, -0.05) is 26.2 Å². The average Bonchev–Trinajstić information content (AvgIpc) is 2.93. The molecule has 0 bridgehead atoms. The first kappa shape index (κ1) is 14.4. The van der Waals surface area contributed by atoms with Crippen LogP contribution in [0.4, 0.5) is 5.82 Å². The third-order valence-corrected chi connectivity index (χ3v) is 4.98. The van der Waals surface area contributed by atoms with Gasteiger partial charge < -0.3 is 10.4 Å². The number of aromatic nitrogens is 1. The number of fused-ring (bicyclic) bond motifs is 1. The first-order valence-electron chi connectivity index (χ1n) is 8.20. The zero-order valence-corrected chi connectivity index (χ0v) is 12.7. The standard InChI is InChI=1S/C17H24N2O2/c1-2-11-5-3-7-13(9-11)18-16-14(17(20)21)10-12-6-4-8-15(12)19-16/h10-11,13H,2-9H2,1H3,(H,18,19)(H,20,21). The lowest BCUT2D eigenvalue weighted by atomic mass is 9.84. The Morgan fingerprint density at radius 2 is 2.24 bits per heavy atom. The van der Waals surface area contributed by atoms with E-state index < -0.39 is 5.97 Å². The zero-order chi connectivity index (χ0) is 14.8. The van der Waals surface area contributed by atoms with Crippen LogP contribution in [0.2, 0.25) is 0 Å². The molecular formula is C17H24N2O2. The second kappa shape index (κ2) is 6.04. The lowest BCUT2D eigenvalue weighted by molar-refractivity contribution is 0.0697. The highest BCUT2D eigenvalue weighted by Crippen LogP contribution is 2.31. The topological polar surface area (TPSA) is 62.2 Å². The summed E-state index contributed by atoms with van der Waals surface area (Å²) in [4.78, 5) is 16.1. The highest BCUT2D eigenvalue weighted by Gasteiger charge is 2.24. The summed E-state index contributed by atoms with van der Waals surface area (Å²) in [6.45, 7) is 2.24. The van der Waals surface area contributed by atoms with Crippen LogP contribution in [0.5, 0.6) is 0 Å². The van der Waals surface area contributed by atoms with Gasteiger partial charge in [-0.05, 0) is 49.7 Å². The molecule has 1 aromatic heterocycles. The van der Waals surface area contributed by atoms with Crippen molar-refractivity contribution < 1.29 is 9.90 Å². The van der Waals surface area contributed by atoms with E-state index in [1.807, 2.05) is 6.07 Å². The predicted molar refractivity (Wildman–Crippen MR) is 82.9 cm³/mol. The molecule has 114 valence electrons. The van der Waals surface area contributed by atoms with E-state index in [9.17, 15) is 9.90 Å². The fourth-order valence-corrected chi connectivity index (χ4v) is 3.73. The number of carboxylic acids is 1. The van der Waals surface area contributed by atoms with Crippen molar-refractivity contribution in [3.8, 4) is 0 Å². The Kier molecular flexibility index (Phi) is 4.13. The number of hydrogen-bond donors (Lipinski definition) is 2. The van der Waals surface area contributed by atoms with Crippen LogP contribution >= 0.6 is 0 Å². The molecular weight excluding hydrogens is 264 g/mol. The summed E-state index contributed by atoms with van der Waals surface area (Å²) in [5, 5.41) is 12.9. The lowest BCUT2D eigenvalue weighted by Gasteiger charge is -2.30. The first-order chi connectivity index (χ1) is 10.2. The van der Waals surface area contributed by atoms with Crippen molar-refractivity contribution in [3.05, 3.63) is 22.9 Å². The molecule has 2 atom stereocenters. The molecule has 1 fully saturated rings. The molecule has 1 heterocycles. The van der Waals surface area contributed by atoms with Crippen LogP contribution in [0.15, 0.2) is 6.07 Å². The first-order valence-corrected chi connectivity index (χ1v) is 8.20. The van der Waals surface area contributed by atoms with E-state index in [1.165, 1.54) is 19.3 Å². The highest BCUT2D eigenvalue weighted by atomic mass is 16.4. The molecule has 4 nitrogen and oxygen atoms in total. The predicted octanol–water partition coefficient (Wildman–Crippen LogP) is 3.65. The summed E-state index contributed by atoms with van der Waals surface area (Å²) >= 11 is 0. The van der Waals surface area contributed by atoms with E-state index in [0.29, 0.717) is 17.4 Å². The third kappa shape index (κ3) is 3.04. The van der Waals surface area contributed by atoms with Gasteiger partial charge in [0, 0.05) is 11.7 Å². The average molecular weight is 288 g/mol. The number of rotatable bonds is 4. The second-order valence-electron chi connectivity index (χ2n) is 6.43. The van der Waals surface area contributed by atoms with Crippen molar-refractivity contribution in [2.45, 2.75) is 64.3 Å². The van der Waals surface area contributed by atoms with E-state index in [0.717, 1.165) is 49.3 Å². The van der Waals surface area contributed by atoms with Gasteiger partial charge in [0.2, 0.25) is 0 Å². The third-order valence-electron chi connectivity index (χ3n) is 4.98. The Morgan fingerprint density at radius 3 is 3.00 bits per heavy atom. The van der Waals surface area contributed by atoms with Crippen LogP contribution < -0.4 is 5.32 Å². The van der Waals surface area contributed by atoms with Gasteiger partial charge in [0.15, 0.2) is 0 Å². The maximum atomic E-state index is 11.5. The van der Waals surface area contributed by atoms with Crippen molar-refractivity contribution in [3.63, 3.8) is 0 Å². The van der Waals surface area contributed by atoms with Crippen LogP contribution in [-0.4, -0.2) is 22.1 Å². The van der Waals surface area contributed by atoms with E-state index in [-0.39, 0.29) is 0 Å². The van der Waals surface area contributed by atoms with Crippen LogP contribution in [0.25, 0.3) is 0 Å². The summed E-state index contributed by atoms with van der Waals surface area (Å²) in [5.74, 6) is 0.478. The SMILES string of the molecule is CCC1CCCC(Nc2nc3c(cc2C(=O)O)CCC3)C1. The van der Waals surface area contributed by atoms with Crippen molar-refractivity contribution in [1.29, 1.82) is 0 Å². The van der Waals surface area contributed by atoms with E-state index in [1.54, 1.807) is 0 Å². The largest absolute Gasteiger partial charge is 0.478 e. The number of nitrogens with one attached hydrogen (secondary N) is 1. The maximum absolute atomic E-state index is 11.5. The molecule has 0 saturated heterocycles. The van der Waals surface area contributed by atoms with Gasteiger partial charge >= 0.3 is 5.97 Å². The minimum Gasteiger partial charge on any atom is -0.478 e. The van der Waals surface area contributed by atoms with Gasteiger partial charge in [-0.25, -0.2) is 9.78 Å². The van der Waals surface area contributed by atoms with Gasteiger partial charge in [0.25, 0.3) is 0 Å². The summed E-state index contributed by atoms with van der Waals surface area (Å²) in [6, 6.07) is 2.20. The number of aromatic carboxylic acids is 1. The summed E-state index contributed by atoms with van der Waals surface area (Å²) in [5.41, 5.74) is 2.55. The van der Waals surface area contributed by atoms with Crippen LogP contribution in [0, 0.1) is 5.92 Å². The van der Waals surface area contributed by atoms with Crippen LogP contribution in [0.3, 0.4) is 0 Å². The molecule has 0 spiro atoms. The Morgan fingerprint density at radius 1 is 1.38 bits per heavy atom. The Bertz CT molecular complexity index is 542. The number of hydrogen-bond acceptors (Lipinski definition) is 3. The molecule has 3 rings (SSSR count). The quantitative estimate of drug-likeness (QED) is 0.887. The Labute approximate surface area is 126 Å². The number of carboxylic acid groups (broad SMARTS) is 1. The molecule has 0 radical (unpaired) electrons. The fraction of sp³-hybridized carbons (Fsp3) is 0.647. The molecule has 4 heteroatoms. The number of nitrogens with zero attached hydrogens (tertiary/aromatic N) is 1. The number of anilines is 1. The van der Waals surface area contributed by atoms with Crippen molar-refractivity contribution in [2.24, 2.45) is 5.92 Å².